The minimum absolute atomic E-state index is 0.111. The van der Waals surface area contributed by atoms with Crippen LogP contribution in [0.1, 0.15) is 25.3 Å². The topological polar surface area (TPSA) is 36.3 Å². The fourth-order valence-electron chi connectivity index (χ4n) is 3.26. The van der Waals surface area contributed by atoms with E-state index in [0.717, 1.165) is 34.2 Å². The fourth-order valence-corrected chi connectivity index (χ4v) is 3.45. The first-order chi connectivity index (χ1) is 11.6. The second kappa shape index (κ2) is 6.20. The average molecular weight is 343 g/mol. The number of fused-ring (bicyclic) bond motifs is 1. The number of rotatable bonds is 3. The summed E-state index contributed by atoms with van der Waals surface area (Å²) >= 11 is 6.09. The Balaban J connectivity index is 1.76. The Labute approximate surface area is 145 Å². The molecule has 0 N–H and O–H groups in total. The first kappa shape index (κ1) is 15.6. The van der Waals surface area contributed by atoms with Gasteiger partial charge in [0.05, 0.1) is 19.0 Å². The molecule has 1 aliphatic heterocycles. The van der Waals surface area contributed by atoms with Gasteiger partial charge < -0.3 is 4.57 Å². The number of hydrogen-bond acceptors (Lipinski definition) is 3. The number of aromatic nitrogens is 2. The normalized spacial score (nSPS) is 24.3. The van der Waals surface area contributed by atoms with Crippen molar-refractivity contribution in [3.05, 3.63) is 65.7 Å². The molecule has 0 radical (unpaired) electrons. The van der Waals surface area contributed by atoms with Crippen molar-refractivity contribution in [2.75, 3.05) is 0 Å². The smallest absolute Gasteiger partial charge is 0.146 e. The third-order valence-corrected chi connectivity index (χ3v) is 4.89. The van der Waals surface area contributed by atoms with Crippen LogP contribution < -0.4 is 0 Å². The maximum absolute atomic E-state index is 6.09. The van der Waals surface area contributed by atoms with Crippen LogP contribution in [0.15, 0.2) is 55.1 Å². The summed E-state index contributed by atoms with van der Waals surface area (Å²) in [5.74, 6) is 0. The van der Waals surface area contributed by atoms with Gasteiger partial charge in [0, 0.05) is 17.4 Å². The fraction of sp³-hybridized carbons (Fsp3) is 0.316. The zero-order valence-corrected chi connectivity index (χ0v) is 14.2. The third-order valence-electron chi connectivity index (χ3n) is 4.65. The Bertz CT molecular complexity index is 840. The van der Waals surface area contributed by atoms with E-state index in [2.05, 4.69) is 23.2 Å². The lowest BCUT2D eigenvalue weighted by Gasteiger charge is -2.38. The summed E-state index contributed by atoms with van der Waals surface area (Å²) in [6.45, 7) is 2.70. The molecule has 0 aliphatic carbocycles. The van der Waals surface area contributed by atoms with Crippen molar-refractivity contribution in [1.29, 1.82) is 0 Å². The molecular weight excluding hydrogens is 324 g/mol. The van der Waals surface area contributed by atoms with Crippen LogP contribution in [0.3, 0.4) is 0 Å². The Kier molecular flexibility index (Phi) is 4.04. The zero-order valence-electron chi connectivity index (χ0n) is 13.5. The highest BCUT2D eigenvalue weighted by Crippen LogP contribution is 2.39. The van der Waals surface area contributed by atoms with E-state index in [9.17, 15) is 0 Å². The van der Waals surface area contributed by atoms with Gasteiger partial charge in [-0.2, -0.15) is 0 Å². The average Bonchev–Trinajstić information content (AvgIpc) is 3.09. The van der Waals surface area contributed by atoms with E-state index in [1.54, 1.807) is 6.20 Å². The van der Waals surface area contributed by atoms with Crippen LogP contribution >= 0.6 is 11.6 Å². The molecule has 1 aliphatic rings. The lowest BCUT2D eigenvalue weighted by molar-refractivity contribution is -0.414. The molecule has 24 heavy (non-hydrogen) atoms. The highest BCUT2D eigenvalue weighted by atomic mass is 35.5. The third kappa shape index (κ3) is 2.93. The van der Waals surface area contributed by atoms with Crippen molar-refractivity contribution in [3.63, 3.8) is 0 Å². The maximum atomic E-state index is 6.09. The molecule has 0 bridgehead atoms. The van der Waals surface area contributed by atoms with Gasteiger partial charge in [-0.05, 0) is 54.3 Å². The Morgan fingerprint density at radius 3 is 2.83 bits per heavy atom. The van der Waals surface area contributed by atoms with Gasteiger partial charge in [-0.1, -0.05) is 29.8 Å². The summed E-state index contributed by atoms with van der Waals surface area (Å²) in [7, 11) is 0. The van der Waals surface area contributed by atoms with Crippen LogP contribution in [0, 0.1) is 0 Å². The molecule has 2 aromatic carbocycles. The van der Waals surface area contributed by atoms with Crippen molar-refractivity contribution in [2.45, 2.75) is 38.0 Å². The molecule has 1 aromatic heterocycles. The van der Waals surface area contributed by atoms with Crippen molar-refractivity contribution >= 4 is 22.4 Å². The minimum Gasteiger partial charge on any atom is -0.334 e. The molecule has 2 heterocycles. The van der Waals surface area contributed by atoms with Crippen molar-refractivity contribution in [2.24, 2.45) is 0 Å². The molecule has 2 atom stereocenters. The first-order valence-electron chi connectivity index (χ1n) is 8.15. The van der Waals surface area contributed by atoms with Gasteiger partial charge in [-0.15, -0.1) is 0 Å². The summed E-state index contributed by atoms with van der Waals surface area (Å²) in [5.41, 5.74) is 0.596. The van der Waals surface area contributed by atoms with Gasteiger partial charge in [0.2, 0.25) is 0 Å². The zero-order chi connectivity index (χ0) is 16.6. The van der Waals surface area contributed by atoms with Crippen LogP contribution in [0.25, 0.3) is 10.8 Å². The quantitative estimate of drug-likeness (QED) is 0.646. The van der Waals surface area contributed by atoms with Crippen molar-refractivity contribution in [1.82, 2.24) is 9.55 Å². The number of imidazole rings is 1. The molecule has 0 amide bonds. The summed E-state index contributed by atoms with van der Waals surface area (Å²) in [6, 6.07) is 12.3. The lowest BCUT2D eigenvalue weighted by Crippen LogP contribution is -2.40. The molecule has 2 unspecified atom stereocenters. The molecule has 1 fully saturated rings. The molecule has 4 nitrogen and oxygen atoms in total. The van der Waals surface area contributed by atoms with E-state index in [1.165, 1.54) is 0 Å². The Hall–Kier alpha value is -1.88. The summed E-state index contributed by atoms with van der Waals surface area (Å²) in [5, 5.41) is 3.01. The molecule has 0 saturated carbocycles. The summed E-state index contributed by atoms with van der Waals surface area (Å²) < 4.78 is 2.03. The molecule has 124 valence electrons. The van der Waals surface area contributed by atoms with Crippen LogP contribution in [0.4, 0.5) is 0 Å². The van der Waals surface area contributed by atoms with E-state index >= 15 is 0 Å². The molecule has 3 aromatic rings. The highest BCUT2D eigenvalue weighted by molar-refractivity contribution is 6.31. The minimum atomic E-state index is -0.513. The summed E-state index contributed by atoms with van der Waals surface area (Å²) in [6.07, 6.45) is 7.50. The van der Waals surface area contributed by atoms with E-state index in [0.29, 0.717) is 6.54 Å². The van der Waals surface area contributed by atoms with Gasteiger partial charge in [-0.3, -0.25) is 0 Å². The monoisotopic (exact) mass is 342 g/mol. The summed E-state index contributed by atoms with van der Waals surface area (Å²) in [4.78, 5) is 15.6. The molecule has 5 heteroatoms. The Morgan fingerprint density at radius 2 is 2.08 bits per heavy atom. The number of nitrogens with zero attached hydrogens (tertiary/aromatic N) is 2. The maximum Gasteiger partial charge on any atom is 0.146 e. The Morgan fingerprint density at radius 1 is 1.25 bits per heavy atom. The first-order valence-corrected chi connectivity index (χ1v) is 8.52. The van der Waals surface area contributed by atoms with Gasteiger partial charge in [0.15, 0.2) is 0 Å². The van der Waals surface area contributed by atoms with Crippen LogP contribution in [0.5, 0.6) is 0 Å². The molecule has 4 rings (SSSR count). The largest absolute Gasteiger partial charge is 0.334 e. The number of halogens is 1. The molecular formula is C19H19ClN2O2. The lowest BCUT2D eigenvalue weighted by atomic mass is 9.86. The van der Waals surface area contributed by atoms with Gasteiger partial charge in [-0.25, -0.2) is 14.8 Å². The van der Waals surface area contributed by atoms with E-state index in [1.807, 2.05) is 42.2 Å². The molecule has 1 saturated heterocycles. The second-order valence-electron chi connectivity index (χ2n) is 6.46. The van der Waals surface area contributed by atoms with Crippen molar-refractivity contribution < 1.29 is 9.78 Å². The number of benzene rings is 2. The van der Waals surface area contributed by atoms with E-state index < -0.39 is 5.60 Å². The van der Waals surface area contributed by atoms with Gasteiger partial charge >= 0.3 is 0 Å². The van der Waals surface area contributed by atoms with Crippen LogP contribution in [-0.2, 0) is 21.9 Å². The second-order valence-corrected chi connectivity index (χ2v) is 6.90. The van der Waals surface area contributed by atoms with E-state index in [4.69, 9.17) is 21.4 Å². The predicted molar refractivity (Wildman–Crippen MR) is 93.7 cm³/mol. The van der Waals surface area contributed by atoms with Gasteiger partial charge in [0.25, 0.3) is 0 Å². The van der Waals surface area contributed by atoms with Gasteiger partial charge in [0.1, 0.15) is 5.60 Å². The highest BCUT2D eigenvalue weighted by Gasteiger charge is 2.39. The number of hydrogen-bond donors (Lipinski definition) is 0. The van der Waals surface area contributed by atoms with Crippen molar-refractivity contribution in [3.8, 4) is 0 Å². The van der Waals surface area contributed by atoms with Crippen LogP contribution in [-0.4, -0.2) is 15.7 Å². The van der Waals surface area contributed by atoms with E-state index in [-0.39, 0.29) is 6.10 Å². The SMILES string of the molecule is CC1CCC(Cn2ccnc2)(c2ccc3cc(Cl)ccc3c2)OO1. The van der Waals surface area contributed by atoms with Crippen LogP contribution in [0.2, 0.25) is 5.02 Å². The standard InChI is InChI=1S/C19H19ClN2O2/c1-14-6-7-19(24-23-14,12-22-9-8-21-13-22)17-4-2-16-11-18(20)5-3-15(16)10-17/h2-5,8-11,13-14H,6-7,12H2,1H3. The predicted octanol–water partition coefficient (Wildman–Crippen LogP) is 4.72. The molecule has 0 spiro atoms.